The molecular weight excluding hydrogens is 559 g/mol. The topological polar surface area (TPSA) is 83.8 Å². The Hall–Kier alpha value is -4.14. The van der Waals surface area contributed by atoms with Crippen molar-refractivity contribution in [1.82, 2.24) is 19.9 Å². The zero-order chi connectivity index (χ0) is 29.5. The van der Waals surface area contributed by atoms with E-state index in [2.05, 4.69) is 25.7 Å². The van der Waals surface area contributed by atoms with Crippen LogP contribution in [0, 0.1) is 24.0 Å². The van der Waals surface area contributed by atoms with Crippen LogP contribution < -0.4 is 9.64 Å². The second-order valence-electron chi connectivity index (χ2n) is 12.0. The SMILES string of the molecule is C#Cc1c(F)ccc2cc(O)cc(-c3ncc4c(N5C[C@@H]6C[C@H]5CO6)nc(OC[C@@]56CCCN5C[C@H](F)C6)nc4c3F)c12. The second-order valence-corrected chi connectivity index (χ2v) is 12.0. The lowest BCUT2D eigenvalue weighted by Gasteiger charge is -2.31. The molecule has 220 valence electrons. The van der Waals surface area contributed by atoms with Gasteiger partial charge in [0.2, 0.25) is 0 Å². The molecule has 4 atom stereocenters. The molecule has 2 aromatic carbocycles. The number of hydrogen-bond donors (Lipinski definition) is 1. The molecule has 11 heteroatoms. The van der Waals surface area contributed by atoms with Crippen LogP contribution in [-0.2, 0) is 4.74 Å². The summed E-state index contributed by atoms with van der Waals surface area (Å²) in [6.07, 6.45) is 9.26. The molecule has 0 unspecified atom stereocenters. The van der Waals surface area contributed by atoms with Crippen molar-refractivity contribution < 1.29 is 27.8 Å². The molecule has 0 saturated carbocycles. The van der Waals surface area contributed by atoms with E-state index in [4.69, 9.17) is 20.9 Å². The minimum atomic E-state index is -0.918. The Morgan fingerprint density at radius 2 is 2.09 bits per heavy atom. The van der Waals surface area contributed by atoms with Crippen molar-refractivity contribution in [1.29, 1.82) is 0 Å². The fourth-order valence-corrected chi connectivity index (χ4v) is 7.55. The van der Waals surface area contributed by atoms with Crippen molar-refractivity contribution in [3.63, 3.8) is 0 Å². The van der Waals surface area contributed by atoms with Gasteiger partial charge in [0.25, 0.3) is 0 Å². The third-order valence-electron chi connectivity index (χ3n) is 9.50. The number of phenolic OH excluding ortho intramolecular Hbond substituents is 1. The van der Waals surface area contributed by atoms with Gasteiger partial charge < -0.3 is 19.5 Å². The molecule has 43 heavy (non-hydrogen) atoms. The molecule has 4 aliphatic rings. The summed E-state index contributed by atoms with van der Waals surface area (Å²) in [5.74, 6) is 1.27. The first kappa shape index (κ1) is 26.5. The number of pyridine rings is 1. The zero-order valence-electron chi connectivity index (χ0n) is 23.2. The number of anilines is 1. The molecule has 0 spiro atoms. The first-order valence-corrected chi connectivity index (χ1v) is 14.5. The molecule has 2 aromatic heterocycles. The lowest BCUT2D eigenvalue weighted by Crippen LogP contribution is -2.43. The standard InChI is InChI=1S/C32H28F3N5O3/c1-2-22-25(34)5-4-17-8-20(41)10-23(26(17)22)28-27(35)29-24(12-36-28)30(40-14-21-9-19(40)15-42-21)38-31(37-29)43-16-32-6-3-7-39(32)13-18(33)11-32/h1,4-5,8,10,12,18-19,21,41H,3,6-7,9,11,13-16H2/t18-,19+,21+,32+/m1/s1. The average molecular weight is 588 g/mol. The third kappa shape index (κ3) is 4.11. The number of fused-ring (bicyclic) bond motifs is 5. The van der Waals surface area contributed by atoms with Crippen molar-refractivity contribution >= 4 is 27.5 Å². The number of terminal acetylenes is 1. The van der Waals surface area contributed by atoms with Crippen LogP contribution in [0.2, 0.25) is 0 Å². The lowest BCUT2D eigenvalue weighted by molar-refractivity contribution is 0.0984. The van der Waals surface area contributed by atoms with Gasteiger partial charge in [-0.25, -0.2) is 13.2 Å². The Kier molecular flexibility index (Phi) is 5.97. The maximum atomic E-state index is 16.7. The van der Waals surface area contributed by atoms with Crippen LogP contribution in [0.25, 0.3) is 32.9 Å². The van der Waals surface area contributed by atoms with Gasteiger partial charge in [0.1, 0.15) is 41.4 Å². The van der Waals surface area contributed by atoms with Gasteiger partial charge in [0.15, 0.2) is 5.82 Å². The van der Waals surface area contributed by atoms with Crippen LogP contribution in [-0.4, -0.2) is 81.7 Å². The number of nitrogens with zero attached hydrogens (tertiary/aromatic N) is 5. The van der Waals surface area contributed by atoms with E-state index in [1.165, 1.54) is 30.5 Å². The van der Waals surface area contributed by atoms with E-state index >= 15 is 4.39 Å². The average Bonchev–Trinajstić information content (AvgIpc) is 3.77. The summed E-state index contributed by atoms with van der Waals surface area (Å²) in [7, 11) is 0. The molecule has 6 heterocycles. The van der Waals surface area contributed by atoms with E-state index < -0.39 is 23.3 Å². The number of phenols is 1. The van der Waals surface area contributed by atoms with E-state index in [0.29, 0.717) is 42.7 Å². The number of morpholine rings is 1. The lowest BCUT2D eigenvalue weighted by atomic mass is 9.95. The molecule has 2 bridgehead atoms. The van der Waals surface area contributed by atoms with Gasteiger partial charge in [0, 0.05) is 36.7 Å². The smallest absolute Gasteiger partial charge is 0.319 e. The fourth-order valence-electron chi connectivity index (χ4n) is 7.55. The van der Waals surface area contributed by atoms with Crippen LogP contribution in [0.4, 0.5) is 19.0 Å². The number of benzene rings is 2. The number of aromatic nitrogens is 3. The van der Waals surface area contributed by atoms with E-state index in [0.717, 1.165) is 25.8 Å². The largest absolute Gasteiger partial charge is 0.508 e. The summed E-state index contributed by atoms with van der Waals surface area (Å²) in [6, 6.07) is 5.49. The number of halogens is 3. The Bertz CT molecular complexity index is 1850. The highest BCUT2D eigenvalue weighted by Crippen LogP contribution is 2.42. The molecule has 4 fully saturated rings. The molecule has 4 aliphatic heterocycles. The van der Waals surface area contributed by atoms with Gasteiger partial charge in [-0.05, 0) is 49.4 Å². The van der Waals surface area contributed by atoms with Gasteiger partial charge >= 0.3 is 6.01 Å². The molecule has 4 aromatic rings. The van der Waals surface area contributed by atoms with E-state index in [1.54, 1.807) is 0 Å². The third-order valence-corrected chi connectivity index (χ3v) is 9.50. The van der Waals surface area contributed by atoms with Gasteiger partial charge in [-0.2, -0.15) is 9.97 Å². The van der Waals surface area contributed by atoms with Crippen molar-refractivity contribution in [3.8, 4) is 35.4 Å². The molecule has 8 nitrogen and oxygen atoms in total. The van der Waals surface area contributed by atoms with Crippen molar-refractivity contribution in [3.05, 3.63) is 47.7 Å². The highest BCUT2D eigenvalue weighted by molar-refractivity contribution is 6.03. The summed E-state index contributed by atoms with van der Waals surface area (Å²) in [4.78, 5) is 17.9. The summed E-state index contributed by atoms with van der Waals surface area (Å²) in [5.41, 5.74) is -0.527. The van der Waals surface area contributed by atoms with Crippen molar-refractivity contribution in [2.45, 2.75) is 49.5 Å². The minimum Gasteiger partial charge on any atom is -0.508 e. The van der Waals surface area contributed by atoms with E-state index in [9.17, 15) is 13.9 Å². The zero-order valence-corrected chi connectivity index (χ0v) is 23.2. The van der Waals surface area contributed by atoms with Crippen molar-refractivity contribution in [2.24, 2.45) is 0 Å². The van der Waals surface area contributed by atoms with E-state index in [1.807, 2.05) is 0 Å². The maximum Gasteiger partial charge on any atom is 0.319 e. The number of ether oxygens (including phenoxy) is 2. The first-order chi connectivity index (χ1) is 20.8. The molecule has 4 saturated heterocycles. The van der Waals surface area contributed by atoms with Crippen molar-refractivity contribution in [2.75, 3.05) is 37.7 Å². The number of alkyl halides is 1. The van der Waals surface area contributed by atoms with Gasteiger partial charge in [-0.1, -0.05) is 12.0 Å². The molecule has 8 rings (SSSR count). The Morgan fingerprint density at radius 3 is 2.88 bits per heavy atom. The van der Waals surface area contributed by atoms with Gasteiger partial charge in [-0.15, -0.1) is 6.42 Å². The molecule has 0 radical (unpaired) electrons. The number of hydrogen-bond acceptors (Lipinski definition) is 8. The Labute approximate surface area is 245 Å². The van der Waals surface area contributed by atoms with Crippen LogP contribution in [0.3, 0.4) is 0 Å². The summed E-state index contributed by atoms with van der Waals surface area (Å²) >= 11 is 0. The normalized spacial score (nSPS) is 26.5. The summed E-state index contributed by atoms with van der Waals surface area (Å²) in [6.45, 7) is 2.50. The van der Waals surface area contributed by atoms with Crippen LogP contribution >= 0.6 is 0 Å². The predicted octanol–water partition coefficient (Wildman–Crippen LogP) is 4.74. The Morgan fingerprint density at radius 1 is 1.21 bits per heavy atom. The maximum absolute atomic E-state index is 16.7. The second kappa shape index (κ2) is 9.69. The minimum absolute atomic E-state index is 0.0121. The quantitative estimate of drug-likeness (QED) is 0.336. The van der Waals surface area contributed by atoms with Crippen LogP contribution in [0.15, 0.2) is 30.5 Å². The van der Waals surface area contributed by atoms with Crippen LogP contribution in [0.5, 0.6) is 11.8 Å². The number of rotatable bonds is 5. The predicted molar refractivity (Wildman–Crippen MR) is 154 cm³/mol. The molecule has 0 amide bonds. The monoisotopic (exact) mass is 587 g/mol. The summed E-state index contributed by atoms with van der Waals surface area (Å²) < 4.78 is 57.8. The Balaban J connectivity index is 1.28. The van der Waals surface area contributed by atoms with Crippen LogP contribution in [0.1, 0.15) is 31.2 Å². The highest BCUT2D eigenvalue weighted by Gasteiger charge is 2.49. The molecule has 0 aliphatic carbocycles. The molecular formula is C32H28F3N5O3. The molecule has 1 N–H and O–H groups in total. The van der Waals surface area contributed by atoms with Gasteiger partial charge in [-0.3, -0.25) is 9.88 Å². The summed E-state index contributed by atoms with van der Waals surface area (Å²) in [5, 5.41) is 11.6. The fraction of sp³-hybridized carbons (Fsp3) is 0.406. The van der Waals surface area contributed by atoms with Gasteiger partial charge in [0.05, 0.1) is 35.2 Å². The van der Waals surface area contributed by atoms with E-state index in [-0.39, 0.29) is 58.2 Å². The number of aromatic hydroxyl groups is 1. The highest BCUT2D eigenvalue weighted by atomic mass is 19.1. The first-order valence-electron chi connectivity index (χ1n) is 14.5.